The van der Waals surface area contributed by atoms with E-state index in [9.17, 15) is 0 Å². The van der Waals surface area contributed by atoms with Crippen molar-refractivity contribution < 1.29 is 0 Å². The number of thiol groups is 1. The summed E-state index contributed by atoms with van der Waals surface area (Å²) in [6.45, 7) is 25.2. The van der Waals surface area contributed by atoms with Gasteiger partial charge in [0.1, 0.15) is 0 Å². The molecule has 0 aliphatic rings. The van der Waals surface area contributed by atoms with E-state index in [0.29, 0.717) is 0 Å². The van der Waals surface area contributed by atoms with Gasteiger partial charge in [-0.15, -0.1) is 0 Å². The lowest BCUT2D eigenvalue weighted by Gasteiger charge is -2.37. The van der Waals surface area contributed by atoms with Crippen LogP contribution in [0.5, 0.6) is 0 Å². The number of benzene rings is 1. The van der Waals surface area contributed by atoms with E-state index < -0.39 is 0 Å². The molecule has 0 unspecified atom stereocenters. The summed E-state index contributed by atoms with van der Waals surface area (Å²) in [6.07, 6.45) is 0. The zero-order valence-corrected chi connectivity index (χ0v) is 17.5. The fourth-order valence-electron chi connectivity index (χ4n) is 2.97. The molecule has 0 saturated carbocycles. The van der Waals surface area contributed by atoms with Crippen molar-refractivity contribution in [2.45, 2.75) is 97.2 Å². The molecule has 1 aromatic carbocycles. The van der Waals surface area contributed by atoms with Gasteiger partial charge in [0.25, 0.3) is 0 Å². The largest absolute Gasteiger partial charge is 0.168 e. The topological polar surface area (TPSA) is 0 Å². The first-order valence-electron chi connectivity index (χ1n) is 8.38. The molecule has 126 valence electrons. The van der Waals surface area contributed by atoms with E-state index in [1.54, 1.807) is 0 Å². The van der Waals surface area contributed by atoms with Crippen molar-refractivity contribution in [3.8, 4) is 0 Å². The molecule has 0 heterocycles. The van der Waals surface area contributed by atoms with Crippen LogP contribution in [0.25, 0.3) is 0 Å². The number of hydrogen-bond acceptors (Lipinski definition) is 1. The molecule has 0 N–H and O–H groups in total. The quantitative estimate of drug-likeness (QED) is 0.544. The van der Waals surface area contributed by atoms with Gasteiger partial charge in [-0.3, -0.25) is 0 Å². The Morgan fingerprint density at radius 3 is 0.955 bits per heavy atom. The molecule has 1 heteroatoms. The maximum Gasteiger partial charge on any atom is 0.0325 e. The molecular weight excluding hydrogens is 284 g/mol. The summed E-state index contributed by atoms with van der Waals surface area (Å²) in [4.78, 5) is 0. The highest BCUT2D eigenvalue weighted by Gasteiger charge is 2.32. The zero-order chi connectivity index (χ0) is 17.7. The Morgan fingerprint density at radius 1 is 0.500 bits per heavy atom. The van der Waals surface area contributed by atoms with Gasteiger partial charge in [-0.1, -0.05) is 74.4 Å². The first kappa shape index (κ1) is 19.6. The van der Waals surface area contributed by atoms with Gasteiger partial charge in [-0.2, -0.15) is 12.6 Å². The molecule has 22 heavy (non-hydrogen) atoms. The minimum Gasteiger partial charge on any atom is -0.168 e. The van der Waals surface area contributed by atoms with Crippen molar-refractivity contribution in [1.29, 1.82) is 0 Å². The Labute approximate surface area is 144 Å². The normalized spacial score (nSPS) is 14.4. The monoisotopic (exact) mass is 320 g/mol. The third-order valence-corrected chi connectivity index (χ3v) is 4.48. The molecule has 0 aliphatic carbocycles. The lowest BCUT2D eigenvalue weighted by Crippen LogP contribution is -2.27. The lowest BCUT2D eigenvalue weighted by atomic mass is 9.70. The fraction of sp³-hybridized carbons (Fsp3) is 0.714. The van der Waals surface area contributed by atoms with Crippen LogP contribution in [0.3, 0.4) is 0 Å². The van der Waals surface area contributed by atoms with Crippen LogP contribution in [-0.4, -0.2) is 0 Å². The van der Waals surface area contributed by atoms with Crippen molar-refractivity contribution in [1.82, 2.24) is 0 Å². The summed E-state index contributed by atoms with van der Waals surface area (Å²) in [5, 5.41) is 0. The second-order valence-electron chi connectivity index (χ2n) is 10.3. The zero-order valence-electron chi connectivity index (χ0n) is 16.6. The van der Waals surface area contributed by atoms with Gasteiger partial charge < -0.3 is 0 Å². The summed E-state index contributed by atoms with van der Waals surface area (Å²) >= 11 is 4.90. The van der Waals surface area contributed by atoms with E-state index in [0.717, 1.165) is 0 Å². The van der Waals surface area contributed by atoms with E-state index in [1.165, 1.54) is 22.3 Å². The van der Waals surface area contributed by atoms with E-state index in [2.05, 4.69) is 88.3 Å². The Balaban J connectivity index is 3.90. The average Bonchev–Trinajstić information content (AvgIpc) is 2.22. The summed E-state index contributed by atoms with van der Waals surface area (Å²) in [5.41, 5.74) is 6.09. The number of rotatable bonds is 1. The fourth-order valence-corrected chi connectivity index (χ4v) is 3.15. The molecule has 0 nitrogen and oxygen atoms in total. The minimum atomic E-state index is -0.140. The molecule has 0 fully saturated rings. The summed E-state index contributed by atoms with van der Waals surface area (Å²) in [5.74, 6) is 0. The van der Waals surface area contributed by atoms with Crippen LogP contribution in [0.4, 0.5) is 0 Å². The molecule has 0 spiro atoms. The van der Waals surface area contributed by atoms with E-state index in [4.69, 9.17) is 12.6 Å². The third-order valence-electron chi connectivity index (χ3n) is 4.24. The van der Waals surface area contributed by atoms with Crippen molar-refractivity contribution in [2.24, 2.45) is 0 Å². The summed E-state index contributed by atoms with van der Waals surface area (Å²) in [6, 6.07) is 4.88. The maximum atomic E-state index is 4.90. The molecule has 0 saturated heterocycles. The lowest BCUT2D eigenvalue weighted by molar-refractivity contribution is 0.516. The van der Waals surface area contributed by atoms with Crippen LogP contribution in [0.2, 0.25) is 0 Å². The van der Waals surface area contributed by atoms with Gasteiger partial charge in [-0.05, 0) is 52.3 Å². The Bertz CT molecular complexity index is 439. The smallest absolute Gasteiger partial charge is 0.0325 e. The molecule has 0 amide bonds. The molecular formula is C21H36S. The van der Waals surface area contributed by atoms with Gasteiger partial charge in [0.15, 0.2) is 0 Å². The molecule has 0 atom stereocenters. The van der Waals surface area contributed by atoms with Gasteiger partial charge in [0.2, 0.25) is 0 Å². The number of hydrogen-bond donors (Lipinski definition) is 1. The maximum absolute atomic E-state index is 4.90. The average molecular weight is 321 g/mol. The Morgan fingerprint density at radius 2 is 0.727 bits per heavy atom. The van der Waals surface area contributed by atoms with Gasteiger partial charge in [-0.25, -0.2) is 0 Å². The van der Waals surface area contributed by atoms with Gasteiger partial charge >= 0.3 is 0 Å². The third kappa shape index (κ3) is 4.31. The highest BCUT2D eigenvalue weighted by Crippen LogP contribution is 2.43. The summed E-state index contributed by atoms with van der Waals surface area (Å²) < 4.78 is -0.140. The molecule has 0 radical (unpaired) electrons. The predicted octanol–water partition coefficient (Wildman–Crippen LogP) is 6.74. The first-order chi connectivity index (χ1) is 9.45. The SMILES string of the molecule is CC(C)(C)c1cc(C(C)(C)C)c(C(C)(C)S)cc1C(C)(C)C. The van der Waals surface area contributed by atoms with Gasteiger partial charge in [0.05, 0.1) is 0 Å². The molecule has 1 aromatic rings. The highest BCUT2D eigenvalue weighted by atomic mass is 32.1. The highest BCUT2D eigenvalue weighted by molar-refractivity contribution is 7.81. The first-order valence-corrected chi connectivity index (χ1v) is 8.83. The Hall–Kier alpha value is -0.430. The minimum absolute atomic E-state index is 0.117. The van der Waals surface area contributed by atoms with E-state index >= 15 is 0 Å². The predicted molar refractivity (Wildman–Crippen MR) is 105 cm³/mol. The van der Waals surface area contributed by atoms with Crippen LogP contribution in [0.1, 0.15) is 98.4 Å². The standard InChI is InChI=1S/C21H36S/c1-18(2,3)14-12-16(20(7,8)9)17(21(10,11)22)13-15(14)19(4,5)6/h12-13,22H,1-11H3. The summed E-state index contributed by atoms with van der Waals surface area (Å²) in [7, 11) is 0. The van der Waals surface area contributed by atoms with E-state index in [-0.39, 0.29) is 21.0 Å². The molecule has 0 bridgehead atoms. The van der Waals surface area contributed by atoms with Crippen LogP contribution in [0, 0.1) is 0 Å². The van der Waals surface area contributed by atoms with Crippen LogP contribution in [0.15, 0.2) is 12.1 Å². The second kappa shape index (κ2) is 5.58. The van der Waals surface area contributed by atoms with Crippen molar-refractivity contribution in [2.75, 3.05) is 0 Å². The second-order valence-corrected chi connectivity index (χ2v) is 11.4. The van der Waals surface area contributed by atoms with Crippen molar-refractivity contribution in [3.05, 3.63) is 34.4 Å². The van der Waals surface area contributed by atoms with Crippen LogP contribution < -0.4 is 0 Å². The van der Waals surface area contributed by atoms with Crippen molar-refractivity contribution in [3.63, 3.8) is 0 Å². The van der Waals surface area contributed by atoms with Gasteiger partial charge in [0, 0.05) is 4.75 Å². The molecule has 0 aromatic heterocycles. The van der Waals surface area contributed by atoms with E-state index in [1.807, 2.05) is 0 Å². The molecule has 0 aliphatic heterocycles. The van der Waals surface area contributed by atoms with Crippen LogP contribution >= 0.6 is 12.6 Å². The Kier molecular flexibility index (Phi) is 4.98. The van der Waals surface area contributed by atoms with Crippen molar-refractivity contribution >= 4 is 12.6 Å². The van der Waals surface area contributed by atoms with Crippen LogP contribution in [-0.2, 0) is 21.0 Å². The molecule has 1 rings (SSSR count).